The van der Waals surface area contributed by atoms with Crippen LogP contribution in [0.5, 0.6) is 0 Å². The molecule has 3 N–H and O–H groups in total. The summed E-state index contributed by atoms with van der Waals surface area (Å²) in [6.45, 7) is 1.56. The number of benzene rings is 1. The van der Waals surface area contributed by atoms with Gasteiger partial charge >= 0.3 is 0 Å². The van der Waals surface area contributed by atoms with Crippen molar-refractivity contribution in [1.29, 1.82) is 0 Å². The third kappa shape index (κ3) is 4.76. The van der Waals surface area contributed by atoms with Crippen LogP contribution in [0.25, 0.3) is 0 Å². The van der Waals surface area contributed by atoms with Crippen molar-refractivity contribution in [1.82, 2.24) is 10.2 Å². The van der Waals surface area contributed by atoms with Gasteiger partial charge in [0.15, 0.2) is 0 Å². The third-order valence-corrected chi connectivity index (χ3v) is 4.80. The van der Waals surface area contributed by atoms with Crippen molar-refractivity contribution in [2.24, 2.45) is 11.1 Å². The minimum atomic E-state index is -3.72. The summed E-state index contributed by atoms with van der Waals surface area (Å²) in [5.74, 6) is -0.624. The third-order valence-electron chi connectivity index (χ3n) is 3.87. The molecule has 1 aromatic carbocycles. The zero-order valence-electron chi connectivity index (χ0n) is 13.4. The quantitative estimate of drug-likeness (QED) is 0.680. The number of ether oxygens (including phenoxy) is 1. The first-order valence-electron chi connectivity index (χ1n) is 7.47. The molecule has 1 saturated heterocycles. The lowest BCUT2D eigenvalue weighted by Gasteiger charge is -2.15. The molecule has 0 aliphatic carbocycles. The van der Waals surface area contributed by atoms with E-state index in [0.29, 0.717) is 19.7 Å². The molecule has 1 unspecified atom stereocenters. The van der Waals surface area contributed by atoms with Crippen molar-refractivity contribution >= 4 is 21.8 Å². The number of nitrogens with one attached hydrogen (secondary N) is 1. The number of sulfonamides is 1. The van der Waals surface area contributed by atoms with Crippen LogP contribution in [0.1, 0.15) is 12.0 Å². The average molecular weight is 355 g/mol. The highest BCUT2D eigenvalue weighted by atomic mass is 32.2. The minimum Gasteiger partial charge on any atom is -0.383 e. The number of nitrogens with two attached hydrogens (primary N) is 1. The van der Waals surface area contributed by atoms with Crippen molar-refractivity contribution in [3.8, 4) is 0 Å². The molecule has 1 fully saturated rings. The van der Waals surface area contributed by atoms with Crippen LogP contribution in [0.4, 0.5) is 0 Å². The number of rotatable bonds is 7. The molecule has 132 valence electrons. The van der Waals surface area contributed by atoms with E-state index in [-0.39, 0.29) is 35.6 Å². The fraction of sp³-hybridized carbons (Fsp3) is 0.467. The monoisotopic (exact) mass is 355 g/mol. The molecular formula is C15H21N3O5S. The maximum atomic E-state index is 12.2. The minimum absolute atomic E-state index is 0.0211. The molecule has 24 heavy (non-hydrogen) atoms. The maximum Gasteiger partial charge on any atom is 0.238 e. The van der Waals surface area contributed by atoms with Gasteiger partial charge in [0.1, 0.15) is 0 Å². The van der Waals surface area contributed by atoms with Crippen molar-refractivity contribution in [3.05, 3.63) is 29.8 Å². The van der Waals surface area contributed by atoms with Crippen LogP contribution in [0.2, 0.25) is 0 Å². The molecule has 1 aromatic rings. The fourth-order valence-electron chi connectivity index (χ4n) is 2.50. The first-order chi connectivity index (χ1) is 11.3. The van der Waals surface area contributed by atoms with Crippen LogP contribution in [0, 0.1) is 5.92 Å². The Balaban J connectivity index is 1.86. The Hall–Kier alpha value is -1.97. The Morgan fingerprint density at radius 3 is 2.62 bits per heavy atom. The Kier molecular flexibility index (Phi) is 5.92. The Morgan fingerprint density at radius 1 is 1.38 bits per heavy atom. The number of hydrogen-bond donors (Lipinski definition) is 2. The SMILES string of the molecule is COCCN1CC(C(=O)NCc2ccc(S(N)(=O)=O)cc2)CC1=O. The molecule has 0 aromatic heterocycles. The highest BCUT2D eigenvalue weighted by Gasteiger charge is 2.33. The summed E-state index contributed by atoms with van der Waals surface area (Å²) in [5, 5.41) is 7.80. The van der Waals surface area contributed by atoms with Crippen LogP contribution in [-0.4, -0.2) is 51.9 Å². The molecular weight excluding hydrogens is 334 g/mol. The second-order valence-corrected chi connectivity index (χ2v) is 7.20. The van der Waals surface area contributed by atoms with E-state index >= 15 is 0 Å². The number of primary sulfonamides is 1. The Bertz CT molecular complexity index is 702. The topological polar surface area (TPSA) is 119 Å². The van der Waals surface area contributed by atoms with Crippen LogP contribution in [0.3, 0.4) is 0 Å². The van der Waals surface area contributed by atoms with Gasteiger partial charge in [-0.2, -0.15) is 0 Å². The highest BCUT2D eigenvalue weighted by Crippen LogP contribution is 2.18. The summed E-state index contributed by atoms with van der Waals surface area (Å²) in [6, 6.07) is 5.96. The number of likely N-dealkylation sites (tertiary alicyclic amines) is 1. The van der Waals surface area contributed by atoms with Gasteiger partial charge in [0, 0.05) is 33.2 Å². The van der Waals surface area contributed by atoms with Gasteiger partial charge in [-0.15, -0.1) is 0 Å². The predicted molar refractivity (Wildman–Crippen MR) is 86.2 cm³/mol. The molecule has 0 radical (unpaired) electrons. The van der Waals surface area contributed by atoms with Gasteiger partial charge < -0.3 is 15.0 Å². The molecule has 0 spiro atoms. The maximum absolute atomic E-state index is 12.2. The largest absolute Gasteiger partial charge is 0.383 e. The van der Waals surface area contributed by atoms with Gasteiger partial charge in [-0.05, 0) is 17.7 Å². The van der Waals surface area contributed by atoms with E-state index in [1.807, 2.05) is 0 Å². The van der Waals surface area contributed by atoms with E-state index in [0.717, 1.165) is 5.56 Å². The zero-order chi connectivity index (χ0) is 17.7. The van der Waals surface area contributed by atoms with Crippen LogP contribution in [-0.2, 0) is 30.9 Å². The number of hydrogen-bond acceptors (Lipinski definition) is 5. The molecule has 9 heteroatoms. The number of methoxy groups -OCH3 is 1. The average Bonchev–Trinajstić information content (AvgIpc) is 2.91. The lowest BCUT2D eigenvalue weighted by Crippen LogP contribution is -2.33. The lowest BCUT2D eigenvalue weighted by atomic mass is 10.1. The number of carbonyl (C=O) groups is 2. The second-order valence-electron chi connectivity index (χ2n) is 5.64. The van der Waals surface area contributed by atoms with Crippen molar-refractivity contribution in [2.75, 3.05) is 26.8 Å². The lowest BCUT2D eigenvalue weighted by molar-refractivity contribution is -0.129. The standard InChI is InChI=1S/C15H21N3O5S/c1-23-7-6-18-10-12(8-14(18)19)15(20)17-9-11-2-4-13(5-3-11)24(16,21)22/h2-5,12H,6-10H2,1H3,(H,17,20)(H2,16,21,22). The van der Waals surface area contributed by atoms with Crippen LogP contribution >= 0.6 is 0 Å². The van der Waals surface area contributed by atoms with E-state index in [1.54, 1.807) is 24.1 Å². The summed E-state index contributed by atoms with van der Waals surface area (Å²) in [6.07, 6.45) is 0.194. The summed E-state index contributed by atoms with van der Waals surface area (Å²) in [5.41, 5.74) is 0.747. The van der Waals surface area contributed by atoms with Crippen LogP contribution in [0.15, 0.2) is 29.2 Å². The zero-order valence-corrected chi connectivity index (χ0v) is 14.2. The van der Waals surface area contributed by atoms with Gasteiger partial charge in [0.25, 0.3) is 0 Å². The second kappa shape index (κ2) is 7.73. The first-order valence-corrected chi connectivity index (χ1v) is 9.02. The summed E-state index contributed by atoms with van der Waals surface area (Å²) < 4.78 is 27.3. The molecule has 2 amide bonds. The van der Waals surface area contributed by atoms with E-state index in [4.69, 9.17) is 9.88 Å². The fourth-order valence-corrected chi connectivity index (χ4v) is 3.01. The van der Waals surface area contributed by atoms with Gasteiger partial charge in [-0.25, -0.2) is 13.6 Å². The van der Waals surface area contributed by atoms with Gasteiger partial charge in [0.2, 0.25) is 21.8 Å². The molecule has 1 aliphatic heterocycles. The highest BCUT2D eigenvalue weighted by molar-refractivity contribution is 7.89. The Morgan fingerprint density at radius 2 is 2.04 bits per heavy atom. The van der Waals surface area contributed by atoms with E-state index in [1.165, 1.54) is 12.1 Å². The normalized spacial score (nSPS) is 18.0. The predicted octanol–water partition coefficient (Wildman–Crippen LogP) is -0.555. The molecule has 0 bridgehead atoms. The summed E-state index contributed by atoms with van der Waals surface area (Å²) in [4.78, 5) is 25.6. The number of amides is 2. The molecule has 1 aliphatic rings. The van der Waals surface area contributed by atoms with Gasteiger partial charge in [0.05, 0.1) is 17.4 Å². The van der Waals surface area contributed by atoms with Crippen molar-refractivity contribution in [3.63, 3.8) is 0 Å². The summed E-state index contributed by atoms with van der Waals surface area (Å²) >= 11 is 0. The molecule has 8 nitrogen and oxygen atoms in total. The van der Waals surface area contributed by atoms with Crippen LogP contribution < -0.4 is 10.5 Å². The summed E-state index contributed by atoms with van der Waals surface area (Å²) in [7, 11) is -2.16. The Labute approximate surface area is 141 Å². The first kappa shape index (κ1) is 18.4. The molecule has 1 heterocycles. The van der Waals surface area contributed by atoms with E-state index < -0.39 is 10.0 Å². The smallest absolute Gasteiger partial charge is 0.238 e. The number of nitrogens with zero attached hydrogens (tertiary/aromatic N) is 1. The van der Waals surface area contributed by atoms with Crippen molar-refractivity contribution in [2.45, 2.75) is 17.9 Å². The number of carbonyl (C=O) groups excluding carboxylic acids is 2. The molecule has 1 atom stereocenters. The van der Waals surface area contributed by atoms with E-state index in [9.17, 15) is 18.0 Å². The van der Waals surface area contributed by atoms with E-state index in [2.05, 4.69) is 5.32 Å². The molecule has 0 saturated carbocycles. The van der Waals surface area contributed by atoms with Gasteiger partial charge in [-0.3, -0.25) is 9.59 Å². The molecule has 2 rings (SSSR count). The van der Waals surface area contributed by atoms with Crippen molar-refractivity contribution < 1.29 is 22.7 Å². The van der Waals surface area contributed by atoms with Gasteiger partial charge in [-0.1, -0.05) is 12.1 Å².